The number of piperidine rings is 1. The standard InChI is InChI=1S/C25H31ClN2O3/c1-18-5-3-6-19(2)25(18)31-16-4-7-24(30)28-14-12-22(13-15-28)27-23(29)17-20-8-10-21(26)11-9-20/h3,5-6,8-11,22H,4,7,12-17H2,1-2H3,(H,27,29). The van der Waals surface area contributed by atoms with Gasteiger partial charge < -0.3 is 15.0 Å². The molecule has 2 aromatic rings. The fourth-order valence-electron chi connectivity index (χ4n) is 3.92. The topological polar surface area (TPSA) is 58.6 Å². The fourth-order valence-corrected chi connectivity index (χ4v) is 4.05. The number of nitrogens with zero attached hydrogens (tertiary/aromatic N) is 1. The van der Waals surface area contributed by atoms with Crippen LogP contribution in [0, 0.1) is 13.8 Å². The molecule has 166 valence electrons. The van der Waals surface area contributed by atoms with Crippen LogP contribution in [0.4, 0.5) is 0 Å². The van der Waals surface area contributed by atoms with Crippen LogP contribution in [0.15, 0.2) is 42.5 Å². The molecule has 0 aliphatic carbocycles. The summed E-state index contributed by atoms with van der Waals surface area (Å²) in [5.41, 5.74) is 3.18. The predicted octanol–water partition coefficient (Wildman–Crippen LogP) is 4.47. The molecule has 6 heteroatoms. The summed E-state index contributed by atoms with van der Waals surface area (Å²) in [6.45, 7) is 5.97. The molecule has 3 rings (SSSR count). The molecule has 0 spiro atoms. The summed E-state index contributed by atoms with van der Waals surface area (Å²) in [5, 5.41) is 3.76. The third-order valence-electron chi connectivity index (χ3n) is 5.68. The molecule has 0 bridgehead atoms. The molecule has 0 radical (unpaired) electrons. The number of hydrogen-bond acceptors (Lipinski definition) is 3. The molecule has 1 aliphatic rings. The van der Waals surface area contributed by atoms with Gasteiger partial charge in [-0.1, -0.05) is 41.9 Å². The van der Waals surface area contributed by atoms with E-state index in [4.69, 9.17) is 16.3 Å². The van der Waals surface area contributed by atoms with Crippen molar-refractivity contribution >= 4 is 23.4 Å². The first-order chi connectivity index (χ1) is 14.9. The average Bonchev–Trinajstić information content (AvgIpc) is 2.75. The highest BCUT2D eigenvalue weighted by atomic mass is 35.5. The van der Waals surface area contributed by atoms with Crippen molar-refractivity contribution in [2.24, 2.45) is 0 Å². The van der Waals surface area contributed by atoms with Crippen LogP contribution in [0.3, 0.4) is 0 Å². The number of nitrogens with one attached hydrogen (secondary N) is 1. The number of amides is 2. The molecule has 1 N–H and O–H groups in total. The number of hydrogen-bond donors (Lipinski definition) is 1. The molecule has 31 heavy (non-hydrogen) atoms. The molecule has 0 unspecified atom stereocenters. The second kappa shape index (κ2) is 11.2. The Morgan fingerprint density at radius 2 is 1.71 bits per heavy atom. The zero-order valence-electron chi connectivity index (χ0n) is 18.3. The Morgan fingerprint density at radius 3 is 2.35 bits per heavy atom. The summed E-state index contributed by atoms with van der Waals surface area (Å²) in [5.74, 6) is 1.09. The second-order valence-electron chi connectivity index (χ2n) is 8.20. The highest BCUT2D eigenvalue weighted by molar-refractivity contribution is 6.30. The van der Waals surface area contributed by atoms with E-state index in [1.807, 2.05) is 49.1 Å². The Labute approximate surface area is 189 Å². The van der Waals surface area contributed by atoms with Crippen molar-refractivity contribution in [3.05, 3.63) is 64.2 Å². The summed E-state index contributed by atoms with van der Waals surface area (Å²) < 4.78 is 5.90. The van der Waals surface area contributed by atoms with Crippen LogP contribution >= 0.6 is 11.6 Å². The number of para-hydroxylation sites is 1. The number of aryl methyl sites for hydroxylation is 2. The Hall–Kier alpha value is -2.53. The Morgan fingerprint density at radius 1 is 1.06 bits per heavy atom. The lowest BCUT2D eigenvalue weighted by Crippen LogP contribution is -2.46. The first-order valence-electron chi connectivity index (χ1n) is 10.9. The summed E-state index contributed by atoms with van der Waals surface area (Å²) >= 11 is 5.88. The van der Waals surface area contributed by atoms with Crippen molar-refractivity contribution in [1.82, 2.24) is 10.2 Å². The zero-order valence-corrected chi connectivity index (χ0v) is 19.1. The summed E-state index contributed by atoms with van der Waals surface area (Å²) in [6, 6.07) is 13.5. The van der Waals surface area contributed by atoms with Crippen molar-refractivity contribution in [3.63, 3.8) is 0 Å². The maximum atomic E-state index is 12.5. The van der Waals surface area contributed by atoms with Gasteiger partial charge in [-0.25, -0.2) is 0 Å². The van der Waals surface area contributed by atoms with Gasteiger partial charge in [-0.2, -0.15) is 0 Å². The van der Waals surface area contributed by atoms with E-state index >= 15 is 0 Å². The van der Waals surface area contributed by atoms with Crippen molar-refractivity contribution in [2.75, 3.05) is 19.7 Å². The molecule has 5 nitrogen and oxygen atoms in total. The number of carbonyl (C=O) groups excluding carboxylic acids is 2. The SMILES string of the molecule is Cc1cccc(C)c1OCCCC(=O)N1CCC(NC(=O)Cc2ccc(Cl)cc2)CC1. The maximum Gasteiger partial charge on any atom is 0.224 e. The van der Waals surface area contributed by atoms with Gasteiger partial charge in [0.1, 0.15) is 5.75 Å². The smallest absolute Gasteiger partial charge is 0.224 e. The van der Waals surface area contributed by atoms with Crippen LogP contribution in [0.5, 0.6) is 5.75 Å². The lowest BCUT2D eigenvalue weighted by Gasteiger charge is -2.32. The molecule has 2 aromatic carbocycles. The number of benzene rings is 2. The Bertz CT molecular complexity index is 870. The normalized spacial score (nSPS) is 14.4. The van der Waals surface area contributed by atoms with E-state index in [2.05, 4.69) is 5.32 Å². The first kappa shape index (κ1) is 23.1. The quantitative estimate of drug-likeness (QED) is 0.614. The van der Waals surface area contributed by atoms with E-state index < -0.39 is 0 Å². The van der Waals surface area contributed by atoms with Crippen LogP contribution in [0.25, 0.3) is 0 Å². The third kappa shape index (κ3) is 7.00. The van der Waals surface area contributed by atoms with Gasteiger partial charge in [-0.3, -0.25) is 9.59 Å². The molecule has 1 saturated heterocycles. The first-order valence-corrected chi connectivity index (χ1v) is 11.3. The van der Waals surface area contributed by atoms with Gasteiger partial charge in [-0.15, -0.1) is 0 Å². The number of likely N-dealkylation sites (tertiary alicyclic amines) is 1. The van der Waals surface area contributed by atoms with Crippen molar-refractivity contribution in [3.8, 4) is 5.75 Å². The van der Waals surface area contributed by atoms with Crippen molar-refractivity contribution < 1.29 is 14.3 Å². The molecule has 2 amide bonds. The second-order valence-corrected chi connectivity index (χ2v) is 8.64. The van der Waals surface area contributed by atoms with Crippen LogP contribution in [-0.2, 0) is 16.0 Å². The van der Waals surface area contributed by atoms with E-state index in [1.165, 1.54) is 0 Å². The zero-order chi connectivity index (χ0) is 22.2. The maximum absolute atomic E-state index is 12.5. The third-order valence-corrected chi connectivity index (χ3v) is 5.93. The molecular weight excluding hydrogens is 412 g/mol. The van der Waals surface area contributed by atoms with Gasteiger partial charge in [-0.05, 0) is 61.9 Å². The molecule has 1 aliphatic heterocycles. The lowest BCUT2D eigenvalue weighted by molar-refractivity contribution is -0.132. The average molecular weight is 443 g/mol. The van der Waals surface area contributed by atoms with Crippen LogP contribution in [0.2, 0.25) is 5.02 Å². The molecular formula is C25H31ClN2O3. The summed E-state index contributed by atoms with van der Waals surface area (Å²) in [6.07, 6.45) is 3.10. The lowest BCUT2D eigenvalue weighted by atomic mass is 10.0. The molecule has 0 atom stereocenters. The minimum atomic E-state index is 0.00995. The van der Waals surface area contributed by atoms with Gasteiger partial charge >= 0.3 is 0 Å². The molecule has 0 aromatic heterocycles. The van der Waals surface area contributed by atoms with Gasteiger partial charge in [0.05, 0.1) is 13.0 Å². The van der Waals surface area contributed by atoms with Gasteiger partial charge in [0.2, 0.25) is 11.8 Å². The largest absolute Gasteiger partial charge is 0.493 e. The number of rotatable bonds is 8. The number of carbonyl (C=O) groups is 2. The van der Waals surface area contributed by atoms with E-state index in [0.29, 0.717) is 44.0 Å². The Balaban J connectivity index is 1.33. The van der Waals surface area contributed by atoms with Gasteiger partial charge in [0, 0.05) is 30.6 Å². The Kier molecular flexibility index (Phi) is 8.35. The van der Waals surface area contributed by atoms with Crippen LogP contribution < -0.4 is 10.1 Å². The molecule has 0 saturated carbocycles. The molecule has 1 heterocycles. The van der Waals surface area contributed by atoms with E-state index in [1.54, 1.807) is 12.1 Å². The monoisotopic (exact) mass is 442 g/mol. The van der Waals surface area contributed by atoms with Crippen LogP contribution in [-0.4, -0.2) is 42.5 Å². The van der Waals surface area contributed by atoms with Crippen LogP contribution in [0.1, 0.15) is 42.4 Å². The minimum absolute atomic E-state index is 0.00995. The van der Waals surface area contributed by atoms with E-state index in [9.17, 15) is 9.59 Å². The summed E-state index contributed by atoms with van der Waals surface area (Å²) in [7, 11) is 0. The summed E-state index contributed by atoms with van der Waals surface area (Å²) in [4.78, 5) is 26.7. The van der Waals surface area contributed by atoms with Crippen molar-refractivity contribution in [2.45, 2.75) is 52.0 Å². The highest BCUT2D eigenvalue weighted by Gasteiger charge is 2.23. The van der Waals surface area contributed by atoms with Gasteiger partial charge in [0.25, 0.3) is 0 Å². The minimum Gasteiger partial charge on any atom is -0.493 e. The number of halogens is 1. The van der Waals surface area contributed by atoms with Crippen molar-refractivity contribution in [1.29, 1.82) is 0 Å². The fraction of sp³-hybridized carbons (Fsp3) is 0.440. The number of ether oxygens (including phenoxy) is 1. The van der Waals surface area contributed by atoms with Gasteiger partial charge in [0.15, 0.2) is 0 Å². The predicted molar refractivity (Wildman–Crippen MR) is 124 cm³/mol. The highest BCUT2D eigenvalue weighted by Crippen LogP contribution is 2.22. The van der Waals surface area contributed by atoms with E-state index in [0.717, 1.165) is 35.3 Å². The molecule has 1 fully saturated rings. The van der Waals surface area contributed by atoms with E-state index in [-0.39, 0.29) is 17.9 Å².